The Kier molecular flexibility index (Phi) is 5.76. The Labute approximate surface area is 219 Å². The Morgan fingerprint density at radius 1 is 1.14 bits per heavy atom. The quantitative estimate of drug-likeness (QED) is 0.258. The maximum absolute atomic E-state index is 12.7. The minimum absolute atomic E-state index is 0.00882. The number of aliphatic hydroxyl groups is 1. The lowest BCUT2D eigenvalue weighted by molar-refractivity contribution is -0.571. The molecule has 6 rings (SSSR count). The van der Waals surface area contributed by atoms with Gasteiger partial charge in [0, 0.05) is 42.8 Å². The molecule has 198 valence electrons. The average Bonchev–Trinajstić information content (AvgIpc) is 3.45. The Balaban J connectivity index is 1.50. The van der Waals surface area contributed by atoms with E-state index in [-0.39, 0.29) is 22.7 Å². The first-order valence-corrected chi connectivity index (χ1v) is 13.8. The van der Waals surface area contributed by atoms with E-state index in [1.54, 1.807) is 6.92 Å². The van der Waals surface area contributed by atoms with Crippen molar-refractivity contribution in [3.8, 4) is 11.8 Å². The van der Waals surface area contributed by atoms with Gasteiger partial charge in [0.15, 0.2) is 5.79 Å². The lowest BCUT2D eigenvalue weighted by atomic mass is 9.49. The molecule has 7 heteroatoms. The number of benzene rings is 1. The minimum Gasteiger partial charge on any atom is -0.388 e. The van der Waals surface area contributed by atoms with Gasteiger partial charge in [-0.25, -0.2) is 0 Å². The second-order valence-corrected chi connectivity index (χ2v) is 12.1. The van der Waals surface area contributed by atoms with E-state index >= 15 is 0 Å². The van der Waals surface area contributed by atoms with E-state index < -0.39 is 22.3 Å². The second-order valence-electron chi connectivity index (χ2n) is 12.1. The standard InChI is InChI=1S/C30H38N2O5/c1-4-12-29(32(34)35)14-10-24-22-9-13-28(33)19-30(36-16-17-37-30)15-11-25(28)26(22)23(18-27(24,29)2)20-5-7-21(31-3)8-6-20/h5-8,22-24,31,33H,9-11,13-19H2,1-3H3/t22-,23+,24-,27-,28+,29-/m0/s1. The summed E-state index contributed by atoms with van der Waals surface area (Å²) < 4.78 is 12.1. The van der Waals surface area contributed by atoms with E-state index in [2.05, 4.69) is 48.3 Å². The highest BCUT2D eigenvalue weighted by molar-refractivity contribution is 5.49. The number of hydrogen-bond acceptors (Lipinski definition) is 6. The van der Waals surface area contributed by atoms with E-state index in [9.17, 15) is 15.2 Å². The molecule has 3 saturated carbocycles. The lowest BCUT2D eigenvalue weighted by Crippen LogP contribution is -2.57. The summed E-state index contributed by atoms with van der Waals surface area (Å²) in [7, 11) is 1.90. The van der Waals surface area contributed by atoms with Gasteiger partial charge in [0.2, 0.25) is 0 Å². The van der Waals surface area contributed by atoms with Crippen LogP contribution >= 0.6 is 0 Å². The van der Waals surface area contributed by atoms with Crippen LogP contribution in [0, 0.1) is 39.2 Å². The van der Waals surface area contributed by atoms with Crippen LogP contribution in [0.1, 0.15) is 76.7 Å². The Morgan fingerprint density at radius 3 is 2.51 bits per heavy atom. The highest BCUT2D eigenvalue weighted by atomic mass is 16.7. The van der Waals surface area contributed by atoms with Gasteiger partial charge in [0.05, 0.1) is 24.2 Å². The molecule has 2 N–H and O–H groups in total. The fourth-order valence-electron chi connectivity index (χ4n) is 8.96. The zero-order valence-corrected chi connectivity index (χ0v) is 22.1. The molecule has 1 aromatic rings. The minimum atomic E-state index is -1.23. The van der Waals surface area contributed by atoms with Gasteiger partial charge in [-0.2, -0.15) is 0 Å². The van der Waals surface area contributed by atoms with Crippen LogP contribution in [0.3, 0.4) is 0 Å². The topological polar surface area (TPSA) is 93.9 Å². The lowest BCUT2D eigenvalue weighted by Gasteiger charge is -2.56. The summed E-state index contributed by atoms with van der Waals surface area (Å²) >= 11 is 0. The molecule has 0 radical (unpaired) electrons. The van der Waals surface area contributed by atoms with Crippen molar-refractivity contribution in [3.05, 3.63) is 51.1 Å². The smallest absolute Gasteiger partial charge is 0.286 e. The Morgan fingerprint density at radius 2 is 1.86 bits per heavy atom. The maximum Gasteiger partial charge on any atom is 0.286 e. The average molecular weight is 507 g/mol. The number of nitrogens with zero attached hydrogens (tertiary/aromatic N) is 1. The number of nitrogens with one attached hydrogen (secondary N) is 1. The molecule has 5 aliphatic rings. The van der Waals surface area contributed by atoms with E-state index in [0.717, 1.165) is 42.5 Å². The fourth-order valence-corrected chi connectivity index (χ4v) is 8.96. The maximum atomic E-state index is 12.7. The summed E-state index contributed by atoms with van der Waals surface area (Å²) in [5.74, 6) is 5.77. The van der Waals surface area contributed by atoms with Crippen molar-refractivity contribution < 1.29 is 19.5 Å². The zero-order chi connectivity index (χ0) is 26.1. The third-order valence-corrected chi connectivity index (χ3v) is 10.6. The largest absolute Gasteiger partial charge is 0.388 e. The predicted molar refractivity (Wildman–Crippen MR) is 141 cm³/mol. The predicted octanol–water partition coefficient (Wildman–Crippen LogP) is 5.04. The first-order valence-electron chi connectivity index (χ1n) is 13.8. The van der Waals surface area contributed by atoms with E-state index in [1.165, 1.54) is 5.57 Å². The van der Waals surface area contributed by atoms with E-state index in [0.29, 0.717) is 38.9 Å². The molecule has 0 aromatic heterocycles. The summed E-state index contributed by atoms with van der Waals surface area (Å²) in [6.45, 7) is 5.00. The van der Waals surface area contributed by atoms with Crippen molar-refractivity contribution in [2.75, 3.05) is 25.6 Å². The fraction of sp³-hybridized carbons (Fsp3) is 0.667. The van der Waals surface area contributed by atoms with Crippen molar-refractivity contribution in [2.45, 2.75) is 88.1 Å². The molecule has 0 bridgehead atoms. The normalized spacial score (nSPS) is 39.8. The molecule has 4 aliphatic carbocycles. The van der Waals surface area contributed by atoms with Crippen molar-refractivity contribution >= 4 is 5.69 Å². The van der Waals surface area contributed by atoms with Crippen molar-refractivity contribution in [1.82, 2.24) is 0 Å². The van der Waals surface area contributed by atoms with Crippen LogP contribution in [0.5, 0.6) is 0 Å². The number of fused-ring (bicyclic) bond motifs is 4. The van der Waals surface area contributed by atoms with Gasteiger partial charge in [0.25, 0.3) is 5.54 Å². The molecular formula is C30H38N2O5. The summed E-state index contributed by atoms with van der Waals surface area (Å²) in [6, 6.07) is 8.47. The molecular weight excluding hydrogens is 468 g/mol. The molecule has 0 unspecified atom stereocenters. The third kappa shape index (κ3) is 3.45. The number of nitro groups is 1. The van der Waals surface area contributed by atoms with Crippen molar-refractivity contribution in [1.29, 1.82) is 0 Å². The van der Waals surface area contributed by atoms with Crippen molar-refractivity contribution in [3.63, 3.8) is 0 Å². The highest BCUT2D eigenvalue weighted by Gasteiger charge is 2.70. The molecule has 1 heterocycles. The highest BCUT2D eigenvalue weighted by Crippen LogP contribution is 2.68. The summed E-state index contributed by atoms with van der Waals surface area (Å²) in [6.07, 6.45) is 5.38. The molecule has 1 aliphatic heterocycles. The van der Waals surface area contributed by atoms with Crippen molar-refractivity contribution in [2.24, 2.45) is 17.3 Å². The number of ether oxygens (including phenoxy) is 2. The molecule has 0 amide bonds. The van der Waals surface area contributed by atoms with Gasteiger partial charge in [-0.1, -0.05) is 30.6 Å². The zero-order valence-electron chi connectivity index (χ0n) is 22.1. The first kappa shape index (κ1) is 24.9. The van der Waals surface area contributed by atoms with Crippen LogP contribution in [0.15, 0.2) is 35.4 Å². The first-order chi connectivity index (χ1) is 17.7. The van der Waals surface area contributed by atoms with Gasteiger partial charge in [-0.15, -0.1) is 0 Å². The number of rotatable bonds is 3. The van der Waals surface area contributed by atoms with Gasteiger partial charge in [0.1, 0.15) is 0 Å². The molecule has 4 fully saturated rings. The number of allylic oxidation sites excluding steroid dienone is 1. The Bertz CT molecular complexity index is 1190. The van der Waals surface area contributed by atoms with Gasteiger partial charge >= 0.3 is 0 Å². The van der Waals surface area contributed by atoms with Crippen LogP contribution in [0.4, 0.5) is 5.69 Å². The molecule has 1 spiro atoms. The molecule has 6 atom stereocenters. The van der Waals surface area contributed by atoms with E-state index in [4.69, 9.17) is 9.47 Å². The monoisotopic (exact) mass is 506 g/mol. The number of anilines is 1. The van der Waals surface area contributed by atoms with Crippen LogP contribution in [0.2, 0.25) is 0 Å². The van der Waals surface area contributed by atoms with Gasteiger partial charge in [-0.05, 0) is 80.1 Å². The molecule has 7 nitrogen and oxygen atoms in total. The molecule has 1 saturated heterocycles. The van der Waals surface area contributed by atoms with Crippen LogP contribution in [-0.2, 0) is 9.47 Å². The van der Waals surface area contributed by atoms with Crippen LogP contribution in [-0.4, -0.2) is 47.2 Å². The van der Waals surface area contributed by atoms with Gasteiger partial charge in [-0.3, -0.25) is 10.1 Å². The van der Waals surface area contributed by atoms with Gasteiger partial charge < -0.3 is 19.9 Å². The number of hydrogen-bond donors (Lipinski definition) is 2. The molecule has 1 aromatic carbocycles. The Hall–Kier alpha value is -2.40. The van der Waals surface area contributed by atoms with Crippen LogP contribution in [0.25, 0.3) is 0 Å². The SMILES string of the molecule is CC#C[C@]1([N+](=O)[O-])CC[C@H]2[C@@H]3CC[C@@]4(O)CC5(CCC4=C3[C@@H](c3ccc(NC)cc3)C[C@@]21C)OCCO5. The summed E-state index contributed by atoms with van der Waals surface area (Å²) in [4.78, 5) is 12.6. The van der Waals surface area contributed by atoms with E-state index in [1.807, 2.05) is 7.05 Å². The second kappa shape index (κ2) is 8.56. The van der Waals surface area contributed by atoms with Crippen LogP contribution < -0.4 is 5.32 Å². The third-order valence-electron chi connectivity index (χ3n) is 10.6. The summed E-state index contributed by atoms with van der Waals surface area (Å²) in [5.41, 5.74) is 1.95. The molecule has 37 heavy (non-hydrogen) atoms. The summed E-state index contributed by atoms with van der Waals surface area (Å²) in [5, 5.41) is 28.0.